The largest absolute Gasteiger partial charge is 0.496 e. The van der Waals surface area contributed by atoms with Crippen molar-refractivity contribution in [2.45, 2.75) is 29.6 Å². The van der Waals surface area contributed by atoms with Crippen molar-refractivity contribution in [1.82, 2.24) is 4.72 Å². The van der Waals surface area contributed by atoms with Crippen molar-refractivity contribution in [3.05, 3.63) is 59.7 Å². The smallest absolute Gasteiger partial charge is 0.263 e. The number of fused-ring (bicyclic) bond motifs is 1. The third-order valence-corrected chi connectivity index (χ3v) is 6.59. The normalized spacial score (nSPS) is 21.2. The van der Waals surface area contributed by atoms with Gasteiger partial charge in [-0.1, -0.05) is 36.8 Å². The molecule has 1 N–H and O–H groups in total. The number of ether oxygens (including phenoxy) is 1. The van der Waals surface area contributed by atoms with Gasteiger partial charge in [-0.25, -0.2) is 8.42 Å². The molecule has 0 saturated heterocycles. The van der Waals surface area contributed by atoms with Gasteiger partial charge in [0.1, 0.15) is 11.6 Å². The van der Waals surface area contributed by atoms with Crippen LogP contribution in [-0.2, 0) is 15.4 Å². The lowest BCUT2D eigenvalue weighted by Gasteiger charge is -2.42. The zero-order chi connectivity index (χ0) is 17.5. The van der Waals surface area contributed by atoms with Gasteiger partial charge >= 0.3 is 0 Å². The van der Waals surface area contributed by atoms with Gasteiger partial charge in [0.15, 0.2) is 0 Å². The van der Waals surface area contributed by atoms with Crippen LogP contribution in [0.2, 0.25) is 0 Å². The summed E-state index contributed by atoms with van der Waals surface area (Å²) in [4.78, 5) is 4.98. The van der Waals surface area contributed by atoms with Crippen LogP contribution in [-0.4, -0.2) is 27.9 Å². The molecule has 25 heavy (non-hydrogen) atoms. The fraction of sp³-hybridized carbons (Fsp3) is 0.316. The second-order valence-corrected chi connectivity index (χ2v) is 8.25. The fourth-order valence-corrected chi connectivity index (χ4v) is 4.93. The summed E-state index contributed by atoms with van der Waals surface area (Å²) in [5, 5.41) is 0. The van der Waals surface area contributed by atoms with E-state index >= 15 is 0 Å². The summed E-state index contributed by atoms with van der Waals surface area (Å²) in [6.45, 7) is 0.541. The molecular weight excluding hydrogens is 336 g/mol. The Hall–Kier alpha value is -2.34. The minimum Gasteiger partial charge on any atom is -0.496 e. The molecule has 6 heteroatoms. The second kappa shape index (κ2) is 5.88. The predicted molar refractivity (Wildman–Crippen MR) is 96.7 cm³/mol. The Morgan fingerprint density at radius 1 is 1.12 bits per heavy atom. The molecule has 0 unspecified atom stereocenters. The van der Waals surface area contributed by atoms with Gasteiger partial charge in [-0.05, 0) is 31.0 Å². The van der Waals surface area contributed by atoms with Crippen LogP contribution in [0.15, 0.2) is 58.4 Å². The molecule has 0 atom stereocenters. The molecule has 0 aromatic heterocycles. The van der Waals surface area contributed by atoms with Gasteiger partial charge in [0.2, 0.25) is 0 Å². The molecule has 1 aliphatic carbocycles. The molecule has 1 aliphatic heterocycles. The van der Waals surface area contributed by atoms with Crippen LogP contribution in [0.1, 0.15) is 30.4 Å². The molecule has 0 amide bonds. The van der Waals surface area contributed by atoms with E-state index in [1.165, 1.54) is 0 Å². The van der Waals surface area contributed by atoms with Gasteiger partial charge in [-0.15, -0.1) is 0 Å². The maximum Gasteiger partial charge on any atom is 0.263 e. The summed E-state index contributed by atoms with van der Waals surface area (Å²) in [5.74, 6) is 1.31. The van der Waals surface area contributed by atoms with Crippen molar-refractivity contribution >= 4 is 15.9 Å². The van der Waals surface area contributed by atoms with E-state index in [0.29, 0.717) is 22.8 Å². The predicted octanol–water partition coefficient (Wildman–Crippen LogP) is 2.86. The van der Waals surface area contributed by atoms with Crippen LogP contribution in [0.4, 0.5) is 0 Å². The first-order valence-electron chi connectivity index (χ1n) is 8.36. The van der Waals surface area contributed by atoms with E-state index in [1.54, 1.807) is 25.3 Å². The summed E-state index contributed by atoms with van der Waals surface area (Å²) in [7, 11) is -1.82. The Kier molecular flexibility index (Phi) is 3.80. The number of methoxy groups -OCH3 is 1. The van der Waals surface area contributed by atoms with Crippen LogP contribution < -0.4 is 9.46 Å². The Labute approximate surface area is 147 Å². The van der Waals surface area contributed by atoms with Crippen molar-refractivity contribution in [3.8, 4) is 5.75 Å². The van der Waals surface area contributed by atoms with Crippen molar-refractivity contribution in [2.24, 2.45) is 4.99 Å². The topological polar surface area (TPSA) is 67.8 Å². The fourth-order valence-electron chi connectivity index (χ4n) is 3.68. The molecule has 0 spiro atoms. The van der Waals surface area contributed by atoms with E-state index in [9.17, 15) is 8.42 Å². The van der Waals surface area contributed by atoms with Crippen LogP contribution in [0.3, 0.4) is 0 Å². The Morgan fingerprint density at radius 2 is 1.84 bits per heavy atom. The molecule has 0 bridgehead atoms. The number of hydrogen-bond acceptors (Lipinski definition) is 4. The van der Waals surface area contributed by atoms with Gasteiger partial charge < -0.3 is 4.74 Å². The number of nitrogens with zero attached hydrogens (tertiary/aromatic N) is 1. The lowest BCUT2D eigenvalue weighted by atomic mass is 9.64. The maximum atomic E-state index is 12.2. The molecular formula is C19H20N2O3S. The highest BCUT2D eigenvalue weighted by molar-refractivity contribution is 7.90. The third kappa shape index (κ3) is 2.61. The van der Waals surface area contributed by atoms with E-state index in [1.807, 2.05) is 24.3 Å². The number of benzene rings is 2. The molecule has 2 aromatic carbocycles. The van der Waals surface area contributed by atoms with E-state index < -0.39 is 10.0 Å². The molecule has 2 aliphatic rings. The first-order valence-corrected chi connectivity index (χ1v) is 9.84. The molecule has 2 aromatic rings. The quantitative estimate of drug-likeness (QED) is 0.916. The van der Waals surface area contributed by atoms with Crippen LogP contribution in [0, 0.1) is 0 Å². The molecule has 130 valence electrons. The number of para-hydroxylation sites is 1. The van der Waals surface area contributed by atoms with Crippen molar-refractivity contribution in [1.29, 1.82) is 0 Å². The third-order valence-electron chi connectivity index (χ3n) is 5.19. The van der Waals surface area contributed by atoms with Gasteiger partial charge in [0.25, 0.3) is 10.0 Å². The molecule has 1 fully saturated rings. The summed E-state index contributed by atoms with van der Waals surface area (Å²) in [5.41, 5.74) is 1.72. The van der Waals surface area contributed by atoms with Gasteiger partial charge in [-0.2, -0.15) is 0 Å². The number of hydrogen-bond donors (Lipinski definition) is 1. The van der Waals surface area contributed by atoms with Crippen LogP contribution in [0.5, 0.6) is 5.75 Å². The lowest BCUT2D eigenvalue weighted by molar-refractivity contribution is 0.244. The number of aliphatic imine (C=N–C) groups is 1. The zero-order valence-electron chi connectivity index (χ0n) is 14.0. The second-order valence-electron chi connectivity index (χ2n) is 6.60. The van der Waals surface area contributed by atoms with Crippen LogP contribution >= 0.6 is 0 Å². The van der Waals surface area contributed by atoms with Crippen molar-refractivity contribution in [2.75, 3.05) is 13.7 Å². The summed E-state index contributed by atoms with van der Waals surface area (Å²) < 4.78 is 32.6. The zero-order valence-corrected chi connectivity index (χ0v) is 14.8. The highest BCUT2D eigenvalue weighted by Gasteiger charge is 2.41. The first-order chi connectivity index (χ1) is 12.1. The summed E-state index contributed by atoms with van der Waals surface area (Å²) in [6, 6.07) is 15.0. The van der Waals surface area contributed by atoms with E-state index in [0.717, 1.165) is 30.6 Å². The van der Waals surface area contributed by atoms with E-state index in [-0.39, 0.29) is 5.41 Å². The minimum atomic E-state index is -3.49. The molecule has 1 heterocycles. The van der Waals surface area contributed by atoms with Crippen molar-refractivity contribution < 1.29 is 13.2 Å². The number of rotatable bonds is 4. The maximum absolute atomic E-state index is 12.2. The van der Waals surface area contributed by atoms with Crippen molar-refractivity contribution in [3.63, 3.8) is 0 Å². The number of sulfonamides is 1. The highest BCUT2D eigenvalue weighted by Crippen LogP contribution is 2.47. The van der Waals surface area contributed by atoms with E-state index in [2.05, 4.69) is 15.8 Å². The average molecular weight is 356 g/mol. The molecule has 5 nitrogen and oxygen atoms in total. The molecule has 4 rings (SSSR count). The molecule has 0 radical (unpaired) electrons. The highest BCUT2D eigenvalue weighted by atomic mass is 32.2. The van der Waals surface area contributed by atoms with E-state index in [4.69, 9.17) is 4.74 Å². The number of amidine groups is 1. The monoisotopic (exact) mass is 356 g/mol. The summed E-state index contributed by atoms with van der Waals surface area (Å²) >= 11 is 0. The Bertz CT molecular complexity index is 947. The van der Waals surface area contributed by atoms with Gasteiger partial charge in [-0.3, -0.25) is 9.71 Å². The average Bonchev–Trinajstić information content (AvgIpc) is 2.86. The number of nitrogens with one attached hydrogen (secondary N) is 1. The summed E-state index contributed by atoms with van der Waals surface area (Å²) in [6.07, 6.45) is 3.20. The Morgan fingerprint density at radius 3 is 2.56 bits per heavy atom. The van der Waals surface area contributed by atoms with Crippen LogP contribution in [0.25, 0.3) is 0 Å². The standard InChI is InChI=1S/C19H20N2O3S/c1-24-16-9-4-3-8-15(16)19(11-6-12-19)13-20-18-14-7-2-5-10-17(14)25(22,23)21-18/h2-5,7-10H,6,11-13H2,1H3,(H,20,21). The van der Waals surface area contributed by atoms with Gasteiger partial charge in [0, 0.05) is 16.5 Å². The Balaban J connectivity index is 1.69. The van der Waals surface area contributed by atoms with Gasteiger partial charge in [0.05, 0.1) is 18.6 Å². The SMILES string of the molecule is COc1ccccc1C1(CN=C2NS(=O)(=O)c3ccccc32)CCC1. The first kappa shape index (κ1) is 16.1. The lowest BCUT2D eigenvalue weighted by Crippen LogP contribution is -2.38. The minimum absolute atomic E-state index is 0.0808. The molecule has 1 saturated carbocycles.